The van der Waals surface area contributed by atoms with Crippen molar-refractivity contribution in [1.82, 2.24) is 9.47 Å². The molecule has 4 heteroatoms. The van der Waals surface area contributed by atoms with Crippen LogP contribution >= 0.6 is 0 Å². The van der Waals surface area contributed by atoms with Crippen LogP contribution in [-0.2, 0) is 11.3 Å². The van der Waals surface area contributed by atoms with E-state index < -0.39 is 0 Å². The Morgan fingerprint density at radius 3 is 2.58 bits per heavy atom. The molecule has 0 aliphatic carbocycles. The Morgan fingerprint density at radius 1 is 1.37 bits per heavy atom. The van der Waals surface area contributed by atoms with Crippen LogP contribution in [0.3, 0.4) is 0 Å². The molecule has 4 nitrogen and oxygen atoms in total. The van der Waals surface area contributed by atoms with Crippen LogP contribution in [0, 0.1) is 6.92 Å². The molecule has 0 bridgehead atoms. The SMILES string of the molecule is CCC(C(=O)N(C)Cc1ccc(C)o1)n1cccc1. The van der Waals surface area contributed by atoms with Crippen molar-refractivity contribution in [2.75, 3.05) is 7.05 Å². The lowest BCUT2D eigenvalue weighted by atomic mass is 10.2. The molecule has 1 atom stereocenters. The monoisotopic (exact) mass is 260 g/mol. The number of likely N-dealkylation sites (N-methyl/N-ethyl adjacent to an activating group) is 1. The summed E-state index contributed by atoms with van der Waals surface area (Å²) in [6, 6.07) is 7.56. The molecule has 2 heterocycles. The Bertz CT molecular complexity index is 528. The molecule has 2 rings (SSSR count). The van der Waals surface area contributed by atoms with E-state index in [1.165, 1.54) is 0 Å². The minimum atomic E-state index is -0.143. The van der Waals surface area contributed by atoms with E-state index in [9.17, 15) is 4.79 Å². The zero-order chi connectivity index (χ0) is 13.8. The van der Waals surface area contributed by atoms with Crippen LogP contribution in [-0.4, -0.2) is 22.4 Å². The van der Waals surface area contributed by atoms with Gasteiger partial charge in [-0.15, -0.1) is 0 Å². The molecule has 0 spiro atoms. The molecule has 0 saturated carbocycles. The molecular weight excluding hydrogens is 240 g/mol. The number of carbonyl (C=O) groups is 1. The first-order valence-electron chi connectivity index (χ1n) is 6.54. The molecule has 0 aromatic carbocycles. The topological polar surface area (TPSA) is 38.4 Å². The Hall–Kier alpha value is -1.97. The van der Waals surface area contributed by atoms with Crippen molar-refractivity contribution in [2.24, 2.45) is 0 Å². The van der Waals surface area contributed by atoms with E-state index in [1.54, 1.807) is 4.90 Å². The highest BCUT2D eigenvalue weighted by molar-refractivity contribution is 5.80. The van der Waals surface area contributed by atoms with Crippen molar-refractivity contribution in [3.63, 3.8) is 0 Å². The van der Waals surface area contributed by atoms with Crippen molar-refractivity contribution in [3.8, 4) is 0 Å². The van der Waals surface area contributed by atoms with Crippen LogP contribution in [0.4, 0.5) is 0 Å². The Balaban J connectivity index is 2.05. The second kappa shape index (κ2) is 5.78. The third-order valence-electron chi connectivity index (χ3n) is 3.22. The van der Waals surface area contributed by atoms with E-state index in [1.807, 2.05) is 62.1 Å². The largest absolute Gasteiger partial charge is 0.464 e. The quantitative estimate of drug-likeness (QED) is 0.829. The number of hydrogen-bond acceptors (Lipinski definition) is 2. The van der Waals surface area contributed by atoms with Gasteiger partial charge in [0.05, 0.1) is 6.54 Å². The van der Waals surface area contributed by atoms with E-state index in [4.69, 9.17) is 4.42 Å². The number of rotatable bonds is 5. The van der Waals surface area contributed by atoms with Crippen molar-refractivity contribution < 1.29 is 9.21 Å². The zero-order valence-electron chi connectivity index (χ0n) is 11.7. The maximum atomic E-state index is 12.4. The number of nitrogens with zero attached hydrogens (tertiary/aromatic N) is 2. The predicted octanol–water partition coefficient (Wildman–Crippen LogP) is 3.00. The lowest BCUT2D eigenvalue weighted by Crippen LogP contribution is -2.33. The van der Waals surface area contributed by atoms with E-state index in [0.29, 0.717) is 6.54 Å². The van der Waals surface area contributed by atoms with Crippen molar-refractivity contribution >= 4 is 5.91 Å². The molecule has 1 amide bonds. The van der Waals surface area contributed by atoms with Gasteiger partial charge in [0.1, 0.15) is 17.6 Å². The van der Waals surface area contributed by atoms with Gasteiger partial charge in [0, 0.05) is 19.4 Å². The Kier molecular flexibility index (Phi) is 4.10. The van der Waals surface area contributed by atoms with Gasteiger partial charge in [-0.1, -0.05) is 6.92 Å². The summed E-state index contributed by atoms with van der Waals surface area (Å²) in [5.41, 5.74) is 0. The van der Waals surface area contributed by atoms with Gasteiger partial charge in [0.2, 0.25) is 5.91 Å². The fraction of sp³-hybridized carbons (Fsp3) is 0.400. The third kappa shape index (κ3) is 3.08. The molecule has 19 heavy (non-hydrogen) atoms. The molecule has 2 aromatic rings. The van der Waals surface area contributed by atoms with E-state index in [-0.39, 0.29) is 11.9 Å². The van der Waals surface area contributed by atoms with Crippen molar-refractivity contribution in [3.05, 3.63) is 48.2 Å². The lowest BCUT2D eigenvalue weighted by molar-refractivity contribution is -0.134. The smallest absolute Gasteiger partial charge is 0.245 e. The van der Waals surface area contributed by atoms with Crippen LogP contribution in [0.1, 0.15) is 30.9 Å². The fourth-order valence-electron chi connectivity index (χ4n) is 2.20. The van der Waals surface area contributed by atoms with Gasteiger partial charge in [-0.25, -0.2) is 0 Å². The number of carbonyl (C=O) groups excluding carboxylic acids is 1. The molecule has 0 aliphatic heterocycles. The Labute approximate surface area is 113 Å². The highest BCUT2D eigenvalue weighted by atomic mass is 16.3. The fourth-order valence-corrected chi connectivity index (χ4v) is 2.20. The first kappa shape index (κ1) is 13.5. The second-order valence-electron chi connectivity index (χ2n) is 4.76. The van der Waals surface area contributed by atoms with Gasteiger partial charge in [-0.2, -0.15) is 0 Å². The number of hydrogen-bond donors (Lipinski definition) is 0. The minimum Gasteiger partial charge on any atom is -0.464 e. The maximum absolute atomic E-state index is 12.4. The average Bonchev–Trinajstić information content (AvgIpc) is 3.02. The summed E-state index contributed by atoms with van der Waals surface area (Å²) in [7, 11) is 1.81. The molecule has 0 N–H and O–H groups in total. The van der Waals surface area contributed by atoms with E-state index in [0.717, 1.165) is 17.9 Å². The number of amides is 1. The lowest BCUT2D eigenvalue weighted by Gasteiger charge is -2.23. The van der Waals surface area contributed by atoms with E-state index in [2.05, 4.69) is 0 Å². The van der Waals surface area contributed by atoms with Gasteiger partial charge in [0.15, 0.2) is 0 Å². The predicted molar refractivity (Wildman–Crippen MR) is 73.7 cm³/mol. The van der Waals surface area contributed by atoms with Gasteiger partial charge < -0.3 is 13.9 Å². The highest BCUT2D eigenvalue weighted by Gasteiger charge is 2.21. The van der Waals surface area contributed by atoms with Gasteiger partial charge >= 0.3 is 0 Å². The third-order valence-corrected chi connectivity index (χ3v) is 3.22. The first-order valence-corrected chi connectivity index (χ1v) is 6.54. The molecule has 0 radical (unpaired) electrons. The maximum Gasteiger partial charge on any atom is 0.245 e. The van der Waals surface area contributed by atoms with Crippen molar-refractivity contribution in [2.45, 2.75) is 32.9 Å². The highest BCUT2D eigenvalue weighted by Crippen LogP contribution is 2.17. The number of aromatic nitrogens is 1. The molecule has 0 saturated heterocycles. The van der Waals surface area contributed by atoms with Gasteiger partial charge in [0.25, 0.3) is 0 Å². The van der Waals surface area contributed by atoms with Crippen molar-refractivity contribution in [1.29, 1.82) is 0 Å². The Morgan fingerprint density at radius 2 is 2.05 bits per heavy atom. The van der Waals surface area contributed by atoms with Crippen LogP contribution < -0.4 is 0 Å². The average molecular weight is 260 g/mol. The standard InChI is InChI=1S/C15H20N2O2/c1-4-14(17-9-5-6-10-17)15(18)16(3)11-13-8-7-12(2)19-13/h5-10,14H,4,11H2,1-3H3. The second-order valence-corrected chi connectivity index (χ2v) is 4.76. The summed E-state index contributed by atoms with van der Waals surface area (Å²) in [5, 5.41) is 0. The van der Waals surface area contributed by atoms with Crippen LogP contribution in [0.15, 0.2) is 41.1 Å². The normalized spacial score (nSPS) is 12.4. The number of furan rings is 1. The summed E-state index contributed by atoms with van der Waals surface area (Å²) < 4.78 is 7.46. The molecule has 1 unspecified atom stereocenters. The molecule has 0 fully saturated rings. The summed E-state index contributed by atoms with van der Waals surface area (Å²) >= 11 is 0. The number of aryl methyl sites for hydroxylation is 1. The molecule has 0 aliphatic rings. The van der Waals surface area contributed by atoms with Gasteiger partial charge in [-0.3, -0.25) is 4.79 Å². The van der Waals surface area contributed by atoms with Crippen LogP contribution in [0.25, 0.3) is 0 Å². The summed E-state index contributed by atoms with van der Waals surface area (Å²) in [6.07, 6.45) is 4.63. The van der Waals surface area contributed by atoms with Crippen LogP contribution in [0.5, 0.6) is 0 Å². The molecule has 2 aromatic heterocycles. The van der Waals surface area contributed by atoms with Crippen LogP contribution in [0.2, 0.25) is 0 Å². The summed E-state index contributed by atoms with van der Waals surface area (Å²) in [6.45, 7) is 4.43. The molecular formula is C15H20N2O2. The zero-order valence-corrected chi connectivity index (χ0v) is 11.7. The molecule has 102 valence electrons. The summed E-state index contributed by atoms with van der Waals surface area (Å²) in [5.74, 6) is 1.79. The van der Waals surface area contributed by atoms with Gasteiger partial charge in [-0.05, 0) is 37.6 Å². The minimum absolute atomic E-state index is 0.104. The van der Waals surface area contributed by atoms with E-state index >= 15 is 0 Å². The summed E-state index contributed by atoms with van der Waals surface area (Å²) in [4.78, 5) is 14.2. The first-order chi connectivity index (χ1) is 9.11.